The predicted octanol–water partition coefficient (Wildman–Crippen LogP) is 0.561. The smallest absolute Gasteiger partial charge is 0.112 e. The van der Waals surface area contributed by atoms with E-state index in [-0.39, 0.29) is 18.3 Å². The van der Waals surface area contributed by atoms with E-state index in [1.807, 2.05) is 13.8 Å². The first kappa shape index (κ1) is 8.97. The quantitative estimate of drug-likeness (QED) is 0.562. The third-order valence-corrected chi connectivity index (χ3v) is 1.94. The van der Waals surface area contributed by atoms with E-state index < -0.39 is 0 Å². The Balaban J connectivity index is 0.000000281. The second kappa shape index (κ2) is 4.04. The average molecular weight is 160 g/mol. The largest absolute Gasteiger partial charge is 0.388 e. The Morgan fingerprint density at radius 2 is 2.00 bits per heavy atom. The lowest BCUT2D eigenvalue weighted by Crippen LogP contribution is -2.26. The molecule has 0 aliphatic carbocycles. The molecule has 0 aromatic carbocycles. The molecule has 0 spiro atoms. The van der Waals surface area contributed by atoms with Gasteiger partial charge in [0.1, 0.15) is 12.2 Å². The molecule has 2 heterocycles. The van der Waals surface area contributed by atoms with Crippen LogP contribution in [0.4, 0.5) is 0 Å². The Hall–Kier alpha value is -0.120. The van der Waals surface area contributed by atoms with E-state index in [0.717, 1.165) is 13.0 Å². The molecule has 2 fully saturated rings. The van der Waals surface area contributed by atoms with Crippen molar-refractivity contribution in [1.29, 1.82) is 0 Å². The van der Waals surface area contributed by atoms with Crippen LogP contribution in [-0.2, 0) is 9.47 Å². The summed E-state index contributed by atoms with van der Waals surface area (Å²) >= 11 is 0. The van der Waals surface area contributed by atoms with Crippen LogP contribution in [0, 0.1) is 0 Å². The van der Waals surface area contributed by atoms with Gasteiger partial charge in [-0.3, -0.25) is 0 Å². The third-order valence-electron chi connectivity index (χ3n) is 1.94. The summed E-state index contributed by atoms with van der Waals surface area (Å²) in [6, 6.07) is 0. The molecule has 2 rings (SSSR count). The summed E-state index contributed by atoms with van der Waals surface area (Å²) in [5.74, 6) is 0. The molecule has 3 nitrogen and oxygen atoms in total. The van der Waals surface area contributed by atoms with Crippen molar-refractivity contribution >= 4 is 0 Å². The number of ether oxygens (including phenoxy) is 2. The van der Waals surface area contributed by atoms with Gasteiger partial charge in [0.2, 0.25) is 0 Å². The number of hydrogen-bond acceptors (Lipinski definition) is 3. The molecular formula is C8H16O3. The lowest BCUT2D eigenvalue weighted by Gasteiger charge is -2.08. The number of hydrogen-bond donors (Lipinski definition) is 1. The second-order valence-electron chi connectivity index (χ2n) is 2.56. The van der Waals surface area contributed by atoms with Gasteiger partial charge in [-0.2, -0.15) is 0 Å². The molecule has 2 saturated heterocycles. The van der Waals surface area contributed by atoms with Gasteiger partial charge in [0, 0.05) is 6.61 Å². The minimum Gasteiger partial charge on any atom is -0.388 e. The van der Waals surface area contributed by atoms with Crippen molar-refractivity contribution in [2.75, 3.05) is 13.2 Å². The molecular weight excluding hydrogens is 144 g/mol. The first-order valence-electron chi connectivity index (χ1n) is 4.29. The van der Waals surface area contributed by atoms with E-state index in [2.05, 4.69) is 0 Å². The number of fused-ring (bicyclic) bond motifs is 1. The number of aliphatic hydroxyl groups excluding tert-OH is 1. The highest BCUT2D eigenvalue weighted by molar-refractivity contribution is 4.88. The average Bonchev–Trinajstić information content (AvgIpc) is 2.60. The monoisotopic (exact) mass is 160 g/mol. The molecule has 2 aliphatic rings. The number of rotatable bonds is 0. The normalized spacial score (nSPS) is 41.2. The Kier molecular flexibility index (Phi) is 3.30. The molecule has 0 aromatic rings. The Morgan fingerprint density at radius 3 is 2.64 bits per heavy atom. The predicted molar refractivity (Wildman–Crippen MR) is 41.5 cm³/mol. The third kappa shape index (κ3) is 1.72. The van der Waals surface area contributed by atoms with Gasteiger partial charge in [-0.15, -0.1) is 0 Å². The topological polar surface area (TPSA) is 38.7 Å². The first-order chi connectivity index (χ1) is 5.38. The Labute approximate surface area is 67.3 Å². The fraction of sp³-hybridized carbons (Fsp3) is 1.00. The molecule has 3 heteroatoms. The molecule has 66 valence electrons. The van der Waals surface area contributed by atoms with Gasteiger partial charge in [0.15, 0.2) is 0 Å². The van der Waals surface area contributed by atoms with Gasteiger partial charge in [-0.05, 0) is 6.42 Å². The van der Waals surface area contributed by atoms with Gasteiger partial charge >= 0.3 is 0 Å². The van der Waals surface area contributed by atoms with Crippen LogP contribution >= 0.6 is 0 Å². The van der Waals surface area contributed by atoms with Crippen LogP contribution < -0.4 is 0 Å². The highest BCUT2D eigenvalue weighted by Gasteiger charge is 2.40. The lowest BCUT2D eigenvalue weighted by atomic mass is 10.1. The van der Waals surface area contributed by atoms with Gasteiger partial charge < -0.3 is 14.6 Å². The minimum absolute atomic E-state index is 0.0231. The zero-order valence-corrected chi connectivity index (χ0v) is 7.12. The van der Waals surface area contributed by atoms with Crippen molar-refractivity contribution < 1.29 is 14.6 Å². The summed E-state index contributed by atoms with van der Waals surface area (Å²) in [5.41, 5.74) is 0. The van der Waals surface area contributed by atoms with E-state index in [9.17, 15) is 0 Å². The molecule has 0 aromatic heterocycles. The van der Waals surface area contributed by atoms with Crippen LogP contribution in [0.3, 0.4) is 0 Å². The summed E-state index contributed by atoms with van der Waals surface area (Å²) < 4.78 is 10.4. The summed E-state index contributed by atoms with van der Waals surface area (Å²) in [5, 5.41) is 9.15. The molecule has 2 aliphatic heterocycles. The van der Waals surface area contributed by atoms with Crippen molar-refractivity contribution in [3.8, 4) is 0 Å². The maximum Gasteiger partial charge on any atom is 0.112 e. The fourth-order valence-electron chi connectivity index (χ4n) is 1.45. The summed E-state index contributed by atoms with van der Waals surface area (Å²) in [7, 11) is 0. The molecule has 0 radical (unpaired) electrons. The zero-order valence-electron chi connectivity index (χ0n) is 7.12. The van der Waals surface area contributed by atoms with E-state index >= 15 is 0 Å². The van der Waals surface area contributed by atoms with E-state index in [1.54, 1.807) is 0 Å². The van der Waals surface area contributed by atoms with Crippen molar-refractivity contribution in [3.05, 3.63) is 0 Å². The van der Waals surface area contributed by atoms with E-state index in [1.165, 1.54) is 0 Å². The lowest BCUT2D eigenvalue weighted by molar-refractivity contribution is 0.0187. The fourth-order valence-corrected chi connectivity index (χ4v) is 1.45. The minimum atomic E-state index is -0.377. The highest BCUT2D eigenvalue weighted by atomic mass is 16.6. The van der Waals surface area contributed by atoms with E-state index in [4.69, 9.17) is 14.6 Å². The molecule has 0 bridgehead atoms. The van der Waals surface area contributed by atoms with Crippen molar-refractivity contribution in [2.24, 2.45) is 0 Å². The van der Waals surface area contributed by atoms with Crippen molar-refractivity contribution in [3.63, 3.8) is 0 Å². The van der Waals surface area contributed by atoms with E-state index in [0.29, 0.717) is 6.61 Å². The Morgan fingerprint density at radius 1 is 1.27 bits per heavy atom. The summed E-state index contributed by atoms with van der Waals surface area (Å²) in [4.78, 5) is 0. The van der Waals surface area contributed by atoms with Gasteiger partial charge in [-0.1, -0.05) is 13.8 Å². The summed E-state index contributed by atoms with van der Waals surface area (Å²) in [6.45, 7) is 5.20. The van der Waals surface area contributed by atoms with Crippen LogP contribution in [0.5, 0.6) is 0 Å². The molecule has 1 N–H and O–H groups in total. The van der Waals surface area contributed by atoms with Crippen LogP contribution in [-0.4, -0.2) is 36.6 Å². The number of aliphatic hydroxyl groups is 1. The zero-order chi connectivity index (χ0) is 8.27. The second-order valence-corrected chi connectivity index (χ2v) is 2.56. The standard InChI is InChI=1S/C6H10O3.C2H6/c7-4-3-9-5-1-2-8-6(4)5;1-2/h4-7H,1-3H2;1-2H3/t4-,5-,6-;/m1./s1. The van der Waals surface area contributed by atoms with Gasteiger partial charge in [0.05, 0.1) is 12.7 Å². The van der Waals surface area contributed by atoms with Gasteiger partial charge in [0.25, 0.3) is 0 Å². The molecule has 0 saturated carbocycles. The van der Waals surface area contributed by atoms with Crippen LogP contribution in [0.2, 0.25) is 0 Å². The highest BCUT2D eigenvalue weighted by Crippen LogP contribution is 2.25. The van der Waals surface area contributed by atoms with Crippen molar-refractivity contribution in [1.82, 2.24) is 0 Å². The maximum absolute atomic E-state index is 9.15. The van der Waals surface area contributed by atoms with Crippen molar-refractivity contribution in [2.45, 2.75) is 38.6 Å². The first-order valence-corrected chi connectivity index (χ1v) is 4.29. The molecule has 11 heavy (non-hydrogen) atoms. The summed E-state index contributed by atoms with van der Waals surface area (Å²) in [6.07, 6.45) is 0.726. The van der Waals surface area contributed by atoms with Crippen LogP contribution in [0.15, 0.2) is 0 Å². The molecule has 0 amide bonds. The SMILES string of the molecule is CC.O[C@@H]1CO[C@@H]2CCO[C@H]12. The van der Waals surface area contributed by atoms with Crippen LogP contribution in [0.25, 0.3) is 0 Å². The van der Waals surface area contributed by atoms with Gasteiger partial charge in [-0.25, -0.2) is 0 Å². The maximum atomic E-state index is 9.15. The van der Waals surface area contributed by atoms with Crippen LogP contribution in [0.1, 0.15) is 20.3 Å². The Bertz CT molecular complexity index is 116. The molecule has 3 atom stereocenters. The molecule has 0 unspecified atom stereocenters.